The van der Waals surface area contributed by atoms with Crippen molar-refractivity contribution in [3.8, 4) is 0 Å². The third-order valence-corrected chi connectivity index (χ3v) is 4.21. The first kappa shape index (κ1) is 13.1. The predicted molar refractivity (Wildman–Crippen MR) is 69.9 cm³/mol. The van der Waals surface area contributed by atoms with E-state index in [2.05, 4.69) is 12.2 Å². The zero-order chi connectivity index (χ0) is 11.9. The summed E-state index contributed by atoms with van der Waals surface area (Å²) in [7, 11) is 0. The van der Waals surface area contributed by atoms with Crippen LogP contribution in [-0.4, -0.2) is 24.4 Å². The minimum Gasteiger partial charge on any atom is -0.396 e. The maximum absolute atomic E-state index is 8.83. The van der Waals surface area contributed by atoms with Gasteiger partial charge in [-0.25, -0.2) is 0 Å². The van der Waals surface area contributed by atoms with Crippen LogP contribution in [-0.2, 0) is 4.74 Å². The van der Waals surface area contributed by atoms with E-state index in [-0.39, 0.29) is 6.61 Å². The van der Waals surface area contributed by atoms with Gasteiger partial charge in [0.2, 0.25) is 0 Å². The van der Waals surface area contributed by atoms with Crippen LogP contribution < -0.4 is 0 Å². The molecular weight excluding hydrogens is 212 g/mol. The number of aliphatic hydroxyl groups is 1. The van der Waals surface area contributed by atoms with Gasteiger partial charge < -0.3 is 9.84 Å². The highest BCUT2D eigenvalue weighted by Crippen LogP contribution is 2.35. The molecule has 0 aromatic rings. The van der Waals surface area contributed by atoms with E-state index in [9.17, 15) is 0 Å². The highest BCUT2D eigenvalue weighted by Gasteiger charge is 2.31. The predicted octanol–water partition coefficient (Wildman–Crippen LogP) is 3.30. The monoisotopic (exact) mass is 238 g/mol. The first-order valence-corrected chi connectivity index (χ1v) is 7.31. The Morgan fingerprint density at radius 3 is 2.65 bits per heavy atom. The van der Waals surface area contributed by atoms with Crippen LogP contribution in [0.15, 0.2) is 12.2 Å². The maximum Gasteiger partial charge on any atom is 0.0665 e. The second-order valence-electron chi connectivity index (χ2n) is 5.48. The summed E-state index contributed by atoms with van der Waals surface area (Å²) in [6.07, 6.45) is 15.0. The lowest BCUT2D eigenvalue weighted by atomic mass is 9.78. The second-order valence-corrected chi connectivity index (χ2v) is 5.48. The molecule has 0 aromatic heterocycles. The lowest BCUT2D eigenvalue weighted by Crippen LogP contribution is -2.36. The molecule has 1 saturated carbocycles. The zero-order valence-corrected chi connectivity index (χ0v) is 10.8. The molecule has 0 radical (unpaired) electrons. The van der Waals surface area contributed by atoms with Crippen molar-refractivity contribution >= 4 is 0 Å². The number of aliphatic hydroxyl groups excluding tert-OH is 1. The van der Waals surface area contributed by atoms with Crippen molar-refractivity contribution in [2.45, 2.75) is 57.5 Å². The number of ether oxygens (including phenoxy) is 1. The third kappa shape index (κ3) is 3.82. The Labute approximate surface area is 105 Å². The molecule has 2 nitrogen and oxygen atoms in total. The molecular formula is C15H26O2. The summed E-state index contributed by atoms with van der Waals surface area (Å²) < 4.78 is 6.05. The topological polar surface area (TPSA) is 29.5 Å². The van der Waals surface area contributed by atoms with Crippen LogP contribution in [0.4, 0.5) is 0 Å². The average Bonchev–Trinajstić information content (AvgIpc) is 2.41. The van der Waals surface area contributed by atoms with Gasteiger partial charge in [-0.05, 0) is 38.0 Å². The van der Waals surface area contributed by atoms with E-state index in [1.54, 1.807) is 0 Å². The Morgan fingerprint density at radius 1 is 1.06 bits per heavy atom. The summed E-state index contributed by atoms with van der Waals surface area (Å²) >= 11 is 0. The molecule has 2 heteroatoms. The molecule has 0 spiro atoms. The standard InChI is InChI=1S/C15H26O2/c16-11-5-4-9-14-10-6-12-17-15(14)13-7-2-1-3-8-13/h4,9,13-16H,1-3,5-8,10-12H2/b9-4+/t14-,15+/m0/s1. The summed E-state index contributed by atoms with van der Waals surface area (Å²) in [6.45, 7) is 1.21. The van der Waals surface area contributed by atoms with Crippen LogP contribution in [0.3, 0.4) is 0 Å². The largest absolute Gasteiger partial charge is 0.396 e. The van der Waals surface area contributed by atoms with Crippen molar-refractivity contribution in [2.75, 3.05) is 13.2 Å². The van der Waals surface area contributed by atoms with E-state index in [0.717, 1.165) is 18.9 Å². The van der Waals surface area contributed by atoms with Crippen LogP contribution in [0.25, 0.3) is 0 Å². The molecule has 2 fully saturated rings. The van der Waals surface area contributed by atoms with Crippen molar-refractivity contribution in [2.24, 2.45) is 11.8 Å². The Hall–Kier alpha value is -0.340. The minimum absolute atomic E-state index is 0.262. The van der Waals surface area contributed by atoms with Gasteiger partial charge in [-0.1, -0.05) is 31.4 Å². The lowest BCUT2D eigenvalue weighted by molar-refractivity contribution is -0.0549. The first-order chi connectivity index (χ1) is 8.42. The normalized spacial score (nSPS) is 32.1. The zero-order valence-electron chi connectivity index (χ0n) is 10.8. The number of hydrogen-bond acceptors (Lipinski definition) is 2. The molecule has 1 heterocycles. The van der Waals surface area contributed by atoms with Gasteiger partial charge in [-0.15, -0.1) is 0 Å². The molecule has 98 valence electrons. The Balaban J connectivity index is 1.90. The Bertz CT molecular complexity index is 231. The Morgan fingerprint density at radius 2 is 1.88 bits per heavy atom. The van der Waals surface area contributed by atoms with Crippen molar-refractivity contribution in [1.29, 1.82) is 0 Å². The van der Waals surface area contributed by atoms with Crippen molar-refractivity contribution in [1.82, 2.24) is 0 Å². The van der Waals surface area contributed by atoms with Gasteiger partial charge in [-0.2, -0.15) is 0 Å². The summed E-state index contributed by atoms with van der Waals surface area (Å²) in [5.41, 5.74) is 0. The van der Waals surface area contributed by atoms with Crippen LogP contribution in [0.2, 0.25) is 0 Å². The summed E-state index contributed by atoms with van der Waals surface area (Å²) in [5.74, 6) is 1.38. The van der Waals surface area contributed by atoms with Crippen molar-refractivity contribution in [3.05, 3.63) is 12.2 Å². The molecule has 1 saturated heterocycles. The molecule has 1 aliphatic heterocycles. The van der Waals surface area contributed by atoms with Crippen LogP contribution >= 0.6 is 0 Å². The van der Waals surface area contributed by atoms with E-state index >= 15 is 0 Å². The summed E-state index contributed by atoms with van der Waals surface area (Å²) in [6, 6.07) is 0. The molecule has 0 aromatic carbocycles. The summed E-state index contributed by atoms with van der Waals surface area (Å²) in [5, 5.41) is 8.83. The average molecular weight is 238 g/mol. The van der Waals surface area contributed by atoms with Crippen LogP contribution in [0.5, 0.6) is 0 Å². The quantitative estimate of drug-likeness (QED) is 0.761. The fourth-order valence-electron chi connectivity index (χ4n) is 3.33. The van der Waals surface area contributed by atoms with E-state index in [1.165, 1.54) is 44.9 Å². The molecule has 2 aliphatic rings. The SMILES string of the molecule is OCC/C=C/[C@H]1CCCO[C@@H]1C1CCCCC1. The fraction of sp³-hybridized carbons (Fsp3) is 0.867. The van der Waals surface area contributed by atoms with E-state index in [4.69, 9.17) is 9.84 Å². The smallest absolute Gasteiger partial charge is 0.0665 e. The number of rotatable bonds is 4. The maximum atomic E-state index is 8.83. The van der Waals surface area contributed by atoms with Crippen molar-refractivity contribution in [3.63, 3.8) is 0 Å². The van der Waals surface area contributed by atoms with Crippen molar-refractivity contribution < 1.29 is 9.84 Å². The summed E-state index contributed by atoms with van der Waals surface area (Å²) in [4.78, 5) is 0. The van der Waals surface area contributed by atoms with Crippen LogP contribution in [0, 0.1) is 11.8 Å². The van der Waals surface area contributed by atoms with Gasteiger partial charge in [0, 0.05) is 19.1 Å². The van der Waals surface area contributed by atoms with Crippen LogP contribution in [0.1, 0.15) is 51.4 Å². The van der Waals surface area contributed by atoms with E-state index in [0.29, 0.717) is 12.0 Å². The first-order valence-electron chi connectivity index (χ1n) is 7.31. The second kappa shape index (κ2) is 7.17. The highest BCUT2D eigenvalue weighted by molar-refractivity contribution is 4.96. The van der Waals surface area contributed by atoms with E-state index in [1.807, 2.05) is 0 Å². The van der Waals surface area contributed by atoms with Gasteiger partial charge >= 0.3 is 0 Å². The molecule has 17 heavy (non-hydrogen) atoms. The van der Waals surface area contributed by atoms with Gasteiger partial charge in [0.05, 0.1) is 6.10 Å². The molecule has 2 atom stereocenters. The molecule has 1 aliphatic carbocycles. The molecule has 0 amide bonds. The van der Waals surface area contributed by atoms with Gasteiger partial charge in [0.15, 0.2) is 0 Å². The molecule has 0 unspecified atom stereocenters. The highest BCUT2D eigenvalue weighted by atomic mass is 16.5. The molecule has 2 rings (SSSR count). The van der Waals surface area contributed by atoms with Gasteiger partial charge in [0.25, 0.3) is 0 Å². The Kier molecular flexibility index (Phi) is 5.53. The van der Waals surface area contributed by atoms with Gasteiger partial charge in [0.1, 0.15) is 0 Å². The number of hydrogen-bond donors (Lipinski definition) is 1. The molecule has 0 bridgehead atoms. The fourth-order valence-corrected chi connectivity index (χ4v) is 3.33. The lowest BCUT2D eigenvalue weighted by Gasteiger charge is -2.37. The minimum atomic E-state index is 0.262. The third-order valence-electron chi connectivity index (χ3n) is 4.21. The van der Waals surface area contributed by atoms with E-state index < -0.39 is 0 Å². The van der Waals surface area contributed by atoms with Gasteiger partial charge in [-0.3, -0.25) is 0 Å². The molecule has 1 N–H and O–H groups in total.